The first-order chi connectivity index (χ1) is 12.0. The first-order valence-corrected chi connectivity index (χ1v) is 8.30. The molecule has 0 aromatic heterocycles. The van der Waals surface area contributed by atoms with Crippen LogP contribution in [0.4, 0.5) is 11.4 Å². The number of methoxy groups -OCH3 is 1. The van der Waals surface area contributed by atoms with Crippen LogP contribution in [0.25, 0.3) is 10.8 Å². The molecule has 0 unspecified atom stereocenters. The third kappa shape index (κ3) is 3.29. The molecule has 1 amide bonds. The van der Waals surface area contributed by atoms with Crippen molar-refractivity contribution in [1.29, 1.82) is 0 Å². The van der Waals surface area contributed by atoms with Crippen LogP contribution in [-0.4, -0.2) is 13.0 Å². The summed E-state index contributed by atoms with van der Waals surface area (Å²) in [6.07, 6.45) is 0.788. The second-order valence-electron chi connectivity index (χ2n) is 6.08. The number of ether oxygens (including phenoxy) is 1. The van der Waals surface area contributed by atoms with E-state index in [1.165, 1.54) is 0 Å². The van der Waals surface area contributed by atoms with E-state index in [9.17, 15) is 4.79 Å². The van der Waals surface area contributed by atoms with Gasteiger partial charge in [0.15, 0.2) is 0 Å². The van der Waals surface area contributed by atoms with E-state index in [1.54, 1.807) is 7.11 Å². The number of hydrogen-bond donors (Lipinski definition) is 2. The number of rotatable bonds is 4. The van der Waals surface area contributed by atoms with Crippen LogP contribution >= 0.6 is 0 Å². The van der Waals surface area contributed by atoms with E-state index in [2.05, 4.69) is 5.32 Å². The molecule has 0 aliphatic heterocycles. The molecule has 0 radical (unpaired) electrons. The van der Waals surface area contributed by atoms with E-state index in [0.717, 1.165) is 34.0 Å². The van der Waals surface area contributed by atoms with Gasteiger partial charge < -0.3 is 15.8 Å². The van der Waals surface area contributed by atoms with Gasteiger partial charge in [0, 0.05) is 11.4 Å². The van der Waals surface area contributed by atoms with Gasteiger partial charge in [0.1, 0.15) is 5.75 Å². The Kier molecular flexibility index (Phi) is 4.61. The normalized spacial score (nSPS) is 10.7. The number of hydrogen-bond acceptors (Lipinski definition) is 3. The Morgan fingerprint density at radius 1 is 1.12 bits per heavy atom. The number of benzene rings is 3. The standard InChI is InChI=1S/C21H22N2O2/c1-4-14-10-17(22)9-13(2)20(14)23-21(24)18-11-15-7-5-6-8-16(15)12-19(18)25-3/h5-12H,4,22H2,1-3H3,(H,23,24). The summed E-state index contributed by atoms with van der Waals surface area (Å²) in [5.41, 5.74) is 9.92. The minimum Gasteiger partial charge on any atom is -0.496 e. The van der Waals surface area contributed by atoms with Crippen molar-refractivity contribution in [2.45, 2.75) is 20.3 Å². The molecule has 3 aromatic rings. The van der Waals surface area contributed by atoms with Crippen molar-refractivity contribution >= 4 is 28.1 Å². The van der Waals surface area contributed by atoms with Crippen molar-refractivity contribution < 1.29 is 9.53 Å². The maximum atomic E-state index is 12.9. The Balaban J connectivity index is 2.03. The van der Waals surface area contributed by atoms with Crippen LogP contribution in [0.15, 0.2) is 48.5 Å². The molecule has 0 fully saturated rings. The van der Waals surface area contributed by atoms with Gasteiger partial charge in [-0.1, -0.05) is 31.2 Å². The lowest BCUT2D eigenvalue weighted by Crippen LogP contribution is -2.15. The fourth-order valence-electron chi connectivity index (χ4n) is 3.09. The fourth-order valence-corrected chi connectivity index (χ4v) is 3.09. The molecule has 4 heteroatoms. The Bertz CT molecular complexity index is 948. The summed E-state index contributed by atoms with van der Waals surface area (Å²) in [6, 6.07) is 15.4. The minimum absolute atomic E-state index is 0.190. The number of nitrogen functional groups attached to an aromatic ring is 1. The molecule has 3 N–H and O–H groups in total. The zero-order valence-corrected chi connectivity index (χ0v) is 14.7. The maximum Gasteiger partial charge on any atom is 0.259 e. The van der Waals surface area contributed by atoms with Gasteiger partial charge in [0.05, 0.1) is 12.7 Å². The highest BCUT2D eigenvalue weighted by atomic mass is 16.5. The molecule has 0 aliphatic carbocycles. The van der Waals surface area contributed by atoms with Crippen LogP contribution < -0.4 is 15.8 Å². The van der Waals surface area contributed by atoms with Crippen LogP contribution in [0.2, 0.25) is 0 Å². The average Bonchev–Trinajstić information content (AvgIpc) is 2.62. The van der Waals surface area contributed by atoms with Crippen LogP contribution in [0.3, 0.4) is 0 Å². The summed E-state index contributed by atoms with van der Waals surface area (Å²) < 4.78 is 5.44. The van der Waals surface area contributed by atoms with E-state index >= 15 is 0 Å². The van der Waals surface area contributed by atoms with Crippen LogP contribution in [0.1, 0.15) is 28.4 Å². The highest BCUT2D eigenvalue weighted by Gasteiger charge is 2.16. The average molecular weight is 334 g/mol. The molecule has 0 spiro atoms. The lowest BCUT2D eigenvalue weighted by Gasteiger charge is -2.16. The summed E-state index contributed by atoms with van der Waals surface area (Å²) in [7, 11) is 1.58. The van der Waals surface area contributed by atoms with Gasteiger partial charge in [0.2, 0.25) is 0 Å². The van der Waals surface area contributed by atoms with Crippen LogP contribution in [0.5, 0.6) is 5.75 Å². The number of nitrogens with two attached hydrogens (primary N) is 1. The summed E-state index contributed by atoms with van der Waals surface area (Å²) >= 11 is 0. The monoisotopic (exact) mass is 334 g/mol. The van der Waals surface area contributed by atoms with Crippen molar-refractivity contribution in [3.05, 3.63) is 65.2 Å². The van der Waals surface area contributed by atoms with Gasteiger partial charge in [-0.3, -0.25) is 4.79 Å². The summed E-state index contributed by atoms with van der Waals surface area (Å²) in [4.78, 5) is 12.9. The molecule has 0 saturated heterocycles. The Labute approximate surface area is 147 Å². The molecule has 3 rings (SSSR count). The van der Waals surface area contributed by atoms with E-state index in [1.807, 2.05) is 62.4 Å². The number of amides is 1. The molecule has 0 atom stereocenters. The number of carbonyl (C=O) groups excluding carboxylic acids is 1. The number of fused-ring (bicyclic) bond motifs is 1. The predicted octanol–water partition coefficient (Wildman–Crippen LogP) is 4.55. The van der Waals surface area contributed by atoms with E-state index in [0.29, 0.717) is 17.0 Å². The highest BCUT2D eigenvalue weighted by molar-refractivity contribution is 6.09. The van der Waals surface area contributed by atoms with Crippen molar-refractivity contribution in [2.24, 2.45) is 0 Å². The fraction of sp³-hybridized carbons (Fsp3) is 0.190. The molecule has 0 saturated carbocycles. The lowest BCUT2D eigenvalue weighted by molar-refractivity contribution is 0.102. The molecule has 0 aliphatic rings. The largest absolute Gasteiger partial charge is 0.496 e. The van der Waals surface area contributed by atoms with Crippen LogP contribution in [-0.2, 0) is 6.42 Å². The summed E-state index contributed by atoms with van der Waals surface area (Å²) in [6.45, 7) is 3.99. The number of aryl methyl sites for hydroxylation is 2. The van der Waals surface area contributed by atoms with Gasteiger partial charge in [-0.05, 0) is 59.5 Å². The highest BCUT2D eigenvalue weighted by Crippen LogP contribution is 2.29. The minimum atomic E-state index is -0.190. The zero-order valence-electron chi connectivity index (χ0n) is 14.7. The number of nitrogens with one attached hydrogen (secondary N) is 1. The third-order valence-corrected chi connectivity index (χ3v) is 4.37. The van der Waals surface area contributed by atoms with Crippen molar-refractivity contribution in [3.8, 4) is 5.75 Å². The Morgan fingerprint density at radius 2 is 1.80 bits per heavy atom. The third-order valence-electron chi connectivity index (χ3n) is 4.37. The molecule has 25 heavy (non-hydrogen) atoms. The van der Waals surface area contributed by atoms with E-state index < -0.39 is 0 Å². The molecule has 0 heterocycles. The van der Waals surface area contributed by atoms with Gasteiger partial charge in [-0.25, -0.2) is 0 Å². The van der Waals surface area contributed by atoms with Crippen molar-refractivity contribution in [3.63, 3.8) is 0 Å². The van der Waals surface area contributed by atoms with E-state index in [-0.39, 0.29) is 5.91 Å². The number of anilines is 2. The SMILES string of the molecule is CCc1cc(N)cc(C)c1NC(=O)c1cc2ccccc2cc1OC. The van der Waals surface area contributed by atoms with Gasteiger partial charge >= 0.3 is 0 Å². The molecular weight excluding hydrogens is 312 g/mol. The second-order valence-corrected chi connectivity index (χ2v) is 6.08. The van der Waals surface area contributed by atoms with Gasteiger partial charge in [-0.2, -0.15) is 0 Å². The predicted molar refractivity (Wildman–Crippen MR) is 103 cm³/mol. The first kappa shape index (κ1) is 16.8. The topological polar surface area (TPSA) is 64.3 Å². The second kappa shape index (κ2) is 6.85. The molecule has 128 valence electrons. The Hall–Kier alpha value is -3.01. The quantitative estimate of drug-likeness (QED) is 0.688. The Morgan fingerprint density at radius 3 is 2.44 bits per heavy atom. The zero-order chi connectivity index (χ0) is 18.0. The van der Waals surface area contributed by atoms with Crippen LogP contribution in [0, 0.1) is 6.92 Å². The number of carbonyl (C=O) groups is 1. The van der Waals surface area contributed by atoms with Crippen molar-refractivity contribution in [2.75, 3.05) is 18.2 Å². The molecule has 4 nitrogen and oxygen atoms in total. The molecule has 3 aromatic carbocycles. The van der Waals surface area contributed by atoms with Gasteiger partial charge in [0.25, 0.3) is 5.91 Å². The smallest absolute Gasteiger partial charge is 0.259 e. The lowest BCUT2D eigenvalue weighted by atomic mass is 10.0. The summed E-state index contributed by atoms with van der Waals surface area (Å²) in [5.74, 6) is 0.368. The molecular formula is C21H22N2O2. The van der Waals surface area contributed by atoms with Crippen molar-refractivity contribution in [1.82, 2.24) is 0 Å². The van der Waals surface area contributed by atoms with E-state index in [4.69, 9.17) is 10.5 Å². The maximum absolute atomic E-state index is 12.9. The molecule has 0 bridgehead atoms. The first-order valence-electron chi connectivity index (χ1n) is 8.30. The van der Waals surface area contributed by atoms with Gasteiger partial charge in [-0.15, -0.1) is 0 Å². The summed E-state index contributed by atoms with van der Waals surface area (Å²) in [5, 5.41) is 5.07.